The maximum absolute atomic E-state index is 12.4. The number of amides is 1. The first-order valence-corrected chi connectivity index (χ1v) is 10.5. The maximum atomic E-state index is 12.4. The molecule has 0 aliphatic carbocycles. The number of carbonyl (C=O) groups is 1. The van der Waals surface area contributed by atoms with E-state index in [1.807, 2.05) is 23.9 Å². The number of benzene rings is 1. The Balaban J connectivity index is 1.49. The zero-order valence-electron chi connectivity index (χ0n) is 17.1. The molecule has 2 aliphatic heterocycles. The van der Waals surface area contributed by atoms with E-state index in [9.17, 15) is 4.79 Å². The number of hydrogen-bond donors (Lipinski definition) is 0. The lowest BCUT2D eigenvalue weighted by Gasteiger charge is -2.26. The fourth-order valence-corrected chi connectivity index (χ4v) is 4.07. The van der Waals surface area contributed by atoms with Gasteiger partial charge in [-0.2, -0.15) is 0 Å². The summed E-state index contributed by atoms with van der Waals surface area (Å²) in [6.45, 7) is 6.47. The molecule has 3 rings (SSSR count). The van der Waals surface area contributed by atoms with Gasteiger partial charge in [0, 0.05) is 19.6 Å². The average Bonchev–Trinajstić information content (AvgIpc) is 2.87. The normalized spacial score (nSPS) is 18.3. The molecule has 2 aliphatic rings. The summed E-state index contributed by atoms with van der Waals surface area (Å²) in [4.78, 5) is 18.9. The third-order valence-corrected chi connectivity index (χ3v) is 5.55. The van der Waals surface area contributed by atoms with Gasteiger partial charge in [-0.05, 0) is 82.5 Å². The van der Waals surface area contributed by atoms with E-state index in [-0.39, 0.29) is 5.91 Å². The van der Waals surface area contributed by atoms with Crippen LogP contribution in [-0.2, 0) is 17.8 Å². The van der Waals surface area contributed by atoms with E-state index in [1.54, 1.807) is 0 Å². The molecule has 0 unspecified atom stereocenters. The van der Waals surface area contributed by atoms with Crippen molar-refractivity contribution >= 4 is 5.91 Å². The molecule has 0 N–H and O–H groups in total. The molecular formula is C22H35N3O2. The van der Waals surface area contributed by atoms with Crippen LogP contribution in [0.4, 0.5) is 0 Å². The van der Waals surface area contributed by atoms with Crippen molar-refractivity contribution in [2.24, 2.45) is 0 Å². The van der Waals surface area contributed by atoms with Crippen LogP contribution in [0.1, 0.15) is 43.2 Å². The summed E-state index contributed by atoms with van der Waals surface area (Å²) >= 11 is 0. The van der Waals surface area contributed by atoms with Gasteiger partial charge in [-0.15, -0.1) is 0 Å². The highest BCUT2D eigenvalue weighted by atomic mass is 16.5. The molecular weight excluding hydrogens is 338 g/mol. The Labute approximate surface area is 164 Å². The highest BCUT2D eigenvalue weighted by Crippen LogP contribution is 2.24. The molecule has 0 aromatic heterocycles. The van der Waals surface area contributed by atoms with Crippen LogP contribution in [0.2, 0.25) is 0 Å². The van der Waals surface area contributed by atoms with Crippen LogP contribution >= 0.6 is 0 Å². The van der Waals surface area contributed by atoms with Gasteiger partial charge in [0.05, 0.1) is 13.2 Å². The topological polar surface area (TPSA) is 36.0 Å². The molecule has 0 saturated carbocycles. The van der Waals surface area contributed by atoms with E-state index in [0.717, 1.165) is 51.3 Å². The molecule has 5 heteroatoms. The van der Waals surface area contributed by atoms with Gasteiger partial charge in [-0.25, -0.2) is 0 Å². The fraction of sp³-hybridized carbons (Fsp3) is 0.682. The minimum atomic E-state index is 0.214. The Hall–Kier alpha value is -1.59. The van der Waals surface area contributed by atoms with Crippen LogP contribution in [0.25, 0.3) is 0 Å². The zero-order chi connectivity index (χ0) is 19.1. The Morgan fingerprint density at radius 1 is 1.07 bits per heavy atom. The van der Waals surface area contributed by atoms with Gasteiger partial charge in [0.2, 0.25) is 5.91 Å². The van der Waals surface area contributed by atoms with E-state index in [2.05, 4.69) is 23.1 Å². The Bertz CT molecular complexity index is 612. The van der Waals surface area contributed by atoms with Crippen LogP contribution in [-0.4, -0.2) is 74.0 Å². The molecule has 150 valence electrons. The van der Waals surface area contributed by atoms with Crippen LogP contribution in [0.5, 0.6) is 5.75 Å². The second kappa shape index (κ2) is 10.1. The van der Waals surface area contributed by atoms with Crippen LogP contribution in [0.15, 0.2) is 18.2 Å². The lowest BCUT2D eigenvalue weighted by atomic mass is 10.0. The molecule has 5 nitrogen and oxygen atoms in total. The first kappa shape index (κ1) is 20.2. The van der Waals surface area contributed by atoms with Gasteiger partial charge >= 0.3 is 0 Å². The van der Waals surface area contributed by atoms with E-state index in [1.165, 1.54) is 43.5 Å². The van der Waals surface area contributed by atoms with Crippen molar-refractivity contribution in [1.29, 1.82) is 0 Å². The Kier molecular flexibility index (Phi) is 7.53. The number of aryl methyl sites for hydroxylation is 1. The van der Waals surface area contributed by atoms with Crippen molar-refractivity contribution in [1.82, 2.24) is 14.7 Å². The fourth-order valence-electron chi connectivity index (χ4n) is 4.07. The van der Waals surface area contributed by atoms with E-state index < -0.39 is 0 Å². The lowest BCUT2D eigenvalue weighted by molar-refractivity contribution is -0.132. The number of fused-ring (bicyclic) bond motifs is 1. The predicted octanol–water partition coefficient (Wildman–Crippen LogP) is 2.78. The smallest absolute Gasteiger partial charge is 0.237 e. The molecule has 1 aromatic carbocycles. The number of rotatable bonds is 7. The number of ether oxygens (including phenoxy) is 1. The average molecular weight is 374 g/mol. The zero-order valence-corrected chi connectivity index (χ0v) is 17.1. The van der Waals surface area contributed by atoms with Gasteiger partial charge in [-0.1, -0.05) is 12.5 Å². The Morgan fingerprint density at radius 3 is 2.67 bits per heavy atom. The number of nitrogens with zero attached hydrogens (tertiary/aromatic N) is 3. The molecule has 0 radical (unpaired) electrons. The number of likely N-dealkylation sites (tertiary alicyclic amines) is 1. The SMILES string of the molecule is CN(C)CC(=O)N1CCCc2cc(OCCCN3CCCCC3)ccc2C1. The molecule has 0 bridgehead atoms. The summed E-state index contributed by atoms with van der Waals surface area (Å²) in [5, 5.41) is 0. The second-order valence-corrected chi connectivity index (χ2v) is 8.19. The van der Waals surface area contributed by atoms with Crippen molar-refractivity contribution in [2.75, 3.05) is 53.4 Å². The van der Waals surface area contributed by atoms with Gasteiger partial charge in [0.1, 0.15) is 5.75 Å². The lowest BCUT2D eigenvalue weighted by Crippen LogP contribution is -2.37. The summed E-state index contributed by atoms with van der Waals surface area (Å²) in [6.07, 6.45) is 7.21. The summed E-state index contributed by atoms with van der Waals surface area (Å²) in [7, 11) is 3.89. The van der Waals surface area contributed by atoms with Crippen molar-refractivity contribution in [3.63, 3.8) is 0 Å². The molecule has 1 fully saturated rings. The van der Waals surface area contributed by atoms with Crippen molar-refractivity contribution in [2.45, 2.75) is 45.1 Å². The quantitative estimate of drug-likeness (QED) is 0.689. The standard InChI is InChI=1S/C22H35N3O2/c1-23(2)18-22(26)25-14-6-8-19-16-21(10-9-20(19)17-25)27-15-7-13-24-11-4-3-5-12-24/h9-10,16H,3-8,11-15,17-18H2,1-2H3. The molecule has 1 amide bonds. The molecule has 1 aromatic rings. The van der Waals surface area contributed by atoms with Crippen LogP contribution in [0.3, 0.4) is 0 Å². The summed E-state index contributed by atoms with van der Waals surface area (Å²) in [5.41, 5.74) is 2.60. The second-order valence-electron chi connectivity index (χ2n) is 8.19. The van der Waals surface area contributed by atoms with Crippen LogP contribution in [0, 0.1) is 0 Å². The highest BCUT2D eigenvalue weighted by molar-refractivity contribution is 5.78. The highest BCUT2D eigenvalue weighted by Gasteiger charge is 2.19. The van der Waals surface area contributed by atoms with Crippen molar-refractivity contribution < 1.29 is 9.53 Å². The van der Waals surface area contributed by atoms with E-state index in [0.29, 0.717) is 6.54 Å². The number of hydrogen-bond acceptors (Lipinski definition) is 4. The van der Waals surface area contributed by atoms with Gasteiger partial charge < -0.3 is 19.4 Å². The third-order valence-electron chi connectivity index (χ3n) is 5.55. The largest absolute Gasteiger partial charge is 0.494 e. The van der Waals surface area contributed by atoms with Gasteiger partial charge in [-0.3, -0.25) is 4.79 Å². The molecule has 0 atom stereocenters. The summed E-state index contributed by atoms with van der Waals surface area (Å²) in [6, 6.07) is 6.41. The Morgan fingerprint density at radius 2 is 1.89 bits per heavy atom. The summed E-state index contributed by atoms with van der Waals surface area (Å²) < 4.78 is 6.02. The number of likely N-dealkylation sites (N-methyl/N-ethyl adjacent to an activating group) is 1. The predicted molar refractivity (Wildman–Crippen MR) is 109 cm³/mol. The third kappa shape index (κ3) is 6.22. The van der Waals surface area contributed by atoms with Gasteiger partial charge in [0.25, 0.3) is 0 Å². The molecule has 2 heterocycles. The maximum Gasteiger partial charge on any atom is 0.237 e. The van der Waals surface area contributed by atoms with E-state index >= 15 is 0 Å². The molecule has 0 spiro atoms. The minimum absolute atomic E-state index is 0.214. The van der Waals surface area contributed by atoms with Crippen molar-refractivity contribution in [3.8, 4) is 5.75 Å². The van der Waals surface area contributed by atoms with Crippen molar-refractivity contribution in [3.05, 3.63) is 29.3 Å². The molecule has 1 saturated heterocycles. The van der Waals surface area contributed by atoms with Gasteiger partial charge in [0.15, 0.2) is 0 Å². The summed E-state index contributed by atoms with van der Waals surface area (Å²) in [5.74, 6) is 1.19. The minimum Gasteiger partial charge on any atom is -0.494 e. The van der Waals surface area contributed by atoms with Crippen LogP contribution < -0.4 is 4.74 Å². The van der Waals surface area contributed by atoms with E-state index in [4.69, 9.17) is 4.74 Å². The monoisotopic (exact) mass is 373 g/mol. The first-order chi connectivity index (χ1) is 13.1. The number of carbonyl (C=O) groups excluding carboxylic acids is 1. The molecule has 27 heavy (non-hydrogen) atoms. The number of piperidine rings is 1. The first-order valence-electron chi connectivity index (χ1n) is 10.5.